The van der Waals surface area contributed by atoms with Crippen LogP contribution in [0.15, 0.2) is 44.1 Å². The number of nitrogens with two attached hydrogens (primary N) is 1. The molecule has 0 saturated carbocycles. The van der Waals surface area contributed by atoms with Crippen molar-refractivity contribution in [3.05, 3.63) is 40.6 Å². The van der Waals surface area contributed by atoms with Crippen LogP contribution in [0, 0.1) is 0 Å². The van der Waals surface area contributed by atoms with Crippen LogP contribution in [0.2, 0.25) is 0 Å². The number of hydrogen-bond acceptors (Lipinski definition) is 4. The zero-order valence-corrected chi connectivity index (χ0v) is 11.4. The van der Waals surface area contributed by atoms with Crippen molar-refractivity contribution in [2.45, 2.75) is 4.90 Å². The Morgan fingerprint density at radius 3 is 2.50 bits per heavy atom. The highest BCUT2D eigenvalue weighted by Crippen LogP contribution is 2.34. The van der Waals surface area contributed by atoms with E-state index in [0.717, 1.165) is 0 Å². The Morgan fingerprint density at radius 2 is 1.94 bits per heavy atom. The van der Waals surface area contributed by atoms with Crippen LogP contribution in [0.1, 0.15) is 10.6 Å². The second kappa shape index (κ2) is 4.68. The van der Waals surface area contributed by atoms with E-state index in [-0.39, 0.29) is 16.4 Å². The van der Waals surface area contributed by atoms with Crippen molar-refractivity contribution in [2.24, 2.45) is 5.14 Å². The molecule has 0 saturated heterocycles. The third kappa shape index (κ3) is 2.38. The van der Waals surface area contributed by atoms with Gasteiger partial charge in [0.1, 0.15) is 5.76 Å². The van der Waals surface area contributed by atoms with E-state index in [2.05, 4.69) is 15.9 Å². The van der Waals surface area contributed by atoms with E-state index >= 15 is 0 Å². The van der Waals surface area contributed by atoms with Crippen LogP contribution in [-0.4, -0.2) is 14.7 Å². The average molecular weight is 330 g/mol. The maximum atomic E-state index is 11.5. The predicted molar refractivity (Wildman–Crippen MR) is 68.6 cm³/mol. The van der Waals surface area contributed by atoms with E-state index in [1.807, 2.05) is 0 Å². The van der Waals surface area contributed by atoms with E-state index in [9.17, 15) is 13.2 Å². The Bertz CT molecular complexity index is 706. The van der Waals surface area contributed by atoms with E-state index in [0.29, 0.717) is 16.3 Å². The zero-order valence-electron chi connectivity index (χ0n) is 8.96. The highest BCUT2D eigenvalue weighted by Gasteiger charge is 2.20. The van der Waals surface area contributed by atoms with Gasteiger partial charge in [0.05, 0.1) is 10.5 Å². The van der Waals surface area contributed by atoms with Crippen LogP contribution in [0.25, 0.3) is 11.3 Å². The molecule has 0 radical (unpaired) electrons. The van der Waals surface area contributed by atoms with Crippen LogP contribution in [0.5, 0.6) is 0 Å². The van der Waals surface area contributed by atoms with Gasteiger partial charge in [0.2, 0.25) is 10.0 Å². The normalized spacial score (nSPS) is 11.4. The molecule has 94 valence electrons. The molecule has 0 fully saturated rings. The van der Waals surface area contributed by atoms with Gasteiger partial charge in [-0.3, -0.25) is 4.79 Å². The fraction of sp³-hybridized carbons (Fsp3) is 0. The maximum Gasteiger partial charge on any atom is 0.238 e. The summed E-state index contributed by atoms with van der Waals surface area (Å²) in [6.07, 6.45) is 0.539. The van der Waals surface area contributed by atoms with Gasteiger partial charge in [0.25, 0.3) is 0 Å². The molecule has 7 heteroatoms. The van der Waals surface area contributed by atoms with Crippen molar-refractivity contribution in [3.63, 3.8) is 0 Å². The Hall–Kier alpha value is -1.44. The second-order valence-corrected chi connectivity index (χ2v) is 5.86. The van der Waals surface area contributed by atoms with Gasteiger partial charge in [-0.15, -0.1) is 0 Å². The van der Waals surface area contributed by atoms with Crippen LogP contribution in [-0.2, 0) is 10.0 Å². The number of carbonyl (C=O) groups excluding carboxylic acids is 1. The largest absolute Gasteiger partial charge is 0.453 e. The molecule has 0 spiro atoms. The van der Waals surface area contributed by atoms with Crippen molar-refractivity contribution >= 4 is 32.2 Å². The Morgan fingerprint density at radius 1 is 1.22 bits per heavy atom. The lowest BCUT2D eigenvalue weighted by molar-refractivity contribution is 0.110. The summed E-state index contributed by atoms with van der Waals surface area (Å²) in [5, 5.41) is 5.14. The first-order valence-corrected chi connectivity index (χ1v) is 7.14. The summed E-state index contributed by atoms with van der Waals surface area (Å²) < 4.78 is 28.7. The maximum absolute atomic E-state index is 11.5. The molecule has 2 rings (SSSR count). The molecule has 2 N–H and O–H groups in total. The van der Waals surface area contributed by atoms with E-state index in [1.54, 1.807) is 12.1 Å². The number of primary sulfonamides is 1. The highest BCUT2D eigenvalue weighted by molar-refractivity contribution is 9.10. The average Bonchev–Trinajstić information content (AvgIpc) is 2.75. The predicted octanol–water partition coefficient (Wildman–Crippen LogP) is 2.17. The number of halogens is 1. The third-order valence-electron chi connectivity index (χ3n) is 2.27. The number of furan rings is 1. The van der Waals surface area contributed by atoms with Crippen LogP contribution in [0.3, 0.4) is 0 Å². The van der Waals surface area contributed by atoms with Gasteiger partial charge in [-0.05, 0) is 40.2 Å². The smallest absolute Gasteiger partial charge is 0.238 e. The Kier molecular flexibility index (Phi) is 3.38. The summed E-state index contributed by atoms with van der Waals surface area (Å²) in [5.74, 6) is 0.370. The number of hydrogen-bond donors (Lipinski definition) is 1. The Balaban J connectivity index is 2.73. The van der Waals surface area contributed by atoms with Crippen molar-refractivity contribution in [3.8, 4) is 11.3 Å². The second-order valence-electron chi connectivity index (χ2n) is 3.48. The minimum absolute atomic E-state index is 0.0660. The minimum atomic E-state index is -3.88. The lowest BCUT2D eigenvalue weighted by atomic mass is 10.2. The van der Waals surface area contributed by atoms with Crippen molar-refractivity contribution in [1.82, 2.24) is 0 Å². The summed E-state index contributed by atoms with van der Waals surface area (Å²) in [5.41, 5.74) is 0.299. The molecule has 0 atom stereocenters. The summed E-state index contributed by atoms with van der Waals surface area (Å²) in [7, 11) is -3.88. The summed E-state index contributed by atoms with van der Waals surface area (Å²) in [6, 6.07) is 7.55. The molecule has 0 aliphatic heterocycles. The number of sulfonamides is 1. The zero-order chi connectivity index (χ0) is 13.3. The summed E-state index contributed by atoms with van der Waals surface area (Å²) in [4.78, 5) is 10.5. The SMILES string of the molecule is NS(=O)(=O)c1cccc(Br)c1-c1ccc(C=O)o1. The van der Waals surface area contributed by atoms with E-state index in [4.69, 9.17) is 9.56 Å². The van der Waals surface area contributed by atoms with Gasteiger partial charge < -0.3 is 4.42 Å². The molecule has 0 aliphatic rings. The van der Waals surface area contributed by atoms with Crippen LogP contribution >= 0.6 is 15.9 Å². The molecular weight excluding hydrogens is 322 g/mol. The first-order chi connectivity index (χ1) is 8.43. The monoisotopic (exact) mass is 329 g/mol. The number of benzene rings is 1. The van der Waals surface area contributed by atoms with E-state index in [1.165, 1.54) is 18.2 Å². The van der Waals surface area contributed by atoms with Gasteiger partial charge in [0.15, 0.2) is 12.0 Å². The van der Waals surface area contributed by atoms with Gasteiger partial charge in [0, 0.05) is 4.47 Å². The summed E-state index contributed by atoms with van der Waals surface area (Å²) in [6.45, 7) is 0. The van der Waals surface area contributed by atoms with E-state index < -0.39 is 10.0 Å². The van der Waals surface area contributed by atoms with Crippen LogP contribution < -0.4 is 5.14 Å². The Labute approximate surface area is 112 Å². The van der Waals surface area contributed by atoms with Gasteiger partial charge >= 0.3 is 0 Å². The molecule has 1 aromatic heterocycles. The molecular formula is C11H8BrNO4S. The fourth-order valence-corrected chi connectivity index (χ4v) is 2.99. The number of rotatable bonds is 3. The van der Waals surface area contributed by atoms with Crippen molar-refractivity contribution in [1.29, 1.82) is 0 Å². The molecule has 5 nitrogen and oxygen atoms in total. The first-order valence-electron chi connectivity index (χ1n) is 4.80. The molecule has 0 unspecified atom stereocenters. The van der Waals surface area contributed by atoms with Gasteiger partial charge in [-0.25, -0.2) is 13.6 Å². The lowest BCUT2D eigenvalue weighted by Gasteiger charge is -2.07. The standard InChI is InChI=1S/C11H8BrNO4S/c12-8-2-1-3-10(18(13,15)16)11(8)9-5-4-7(6-14)17-9/h1-6H,(H2,13,15,16). The minimum Gasteiger partial charge on any atom is -0.453 e. The quantitative estimate of drug-likeness (QED) is 0.873. The number of carbonyl (C=O) groups is 1. The van der Waals surface area contributed by atoms with Gasteiger partial charge in [-0.2, -0.15) is 0 Å². The molecule has 0 aliphatic carbocycles. The lowest BCUT2D eigenvalue weighted by Crippen LogP contribution is -2.13. The number of aldehydes is 1. The fourth-order valence-electron chi connectivity index (χ4n) is 1.53. The molecule has 2 aromatic rings. The topological polar surface area (TPSA) is 90.4 Å². The first kappa shape index (κ1) is 13.0. The molecule has 1 heterocycles. The van der Waals surface area contributed by atoms with Crippen molar-refractivity contribution in [2.75, 3.05) is 0 Å². The van der Waals surface area contributed by atoms with Gasteiger partial charge in [-0.1, -0.05) is 6.07 Å². The third-order valence-corrected chi connectivity index (χ3v) is 3.89. The molecule has 18 heavy (non-hydrogen) atoms. The summed E-state index contributed by atoms with van der Waals surface area (Å²) >= 11 is 3.24. The molecule has 0 bridgehead atoms. The highest BCUT2D eigenvalue weighted by atomic mass is 79.9. The van der Waals surface area contributed by atoms with Crippen LogP contribution in [0.4, 0.5) is 0 Å². The molecule has 1 aromatic carbocycles. The molecule has 0 amide bonds. The van der Waals surface area contributed by atoms with Crippen molar-refractivity contribution < 1.29 is 17.6 Å².